The number of fused-ring (bicyclic) bond motifs is 1. The molecule has 1 aromatic heterocycles. The maximum Gasteiger partial charge on any atom is 0.134 e. The van der Waals surface area contributed by atoms with Crippen LogP contribution >= 0.6 is 0 Å². The van der Waals surface area contributed by atoms with E-state index >= 15 is 0 Å². The van der Waals surface area contributed by atoms with Crippen LogP contribution in [0.5, 0.6) is 0 Å². The van der Waals surface area contributed by atoms with E-state index in [1.165, 1.54) is 11.0 Å². The first-order valence-electron chi connectivity index (χ1n) is 7.03. The Kier molecular flexibility index (Phi) is 4.80. The Labute approximate surface area is 115 Å². The van der Waals surface area contributed by atoms with Crippen molar-refractivity contribution in [2.75, 3.05) is 13.1 Å². The molecule has 0 spiro atoms. The number of para-hydroxylation sites is 1. The van der Waals surface area contributed by atoms with Crippen molar-refractivity contribution in [2.24, 2.45) is 5.92 Å². The topological polar surface area (TPSA) is 25.2 Å². The Bertz CT molecular complexity index is 518. The van der Waals surface area contributed by atoms with Gasteiger partial charge in [0.1, 0.15) is 11.3 Å². The standard InChI is InChI=1S/C17H23NO/c1-13(2)12-18-10-6-7-14(3)17-11-15-8-4-5-9-16(15)19-17/h4-5,7-9,11,13,18H,6,10,12H2,1-3H3/b14-7-. The zero-order valence-corrected chi connectivity index (χ0v) is 12.1. The highest BCUT2D eigenvalue weighted by molar-refractivity contribution is 5.81. The average Bonchev–Trinajstić information content (AvgIpc) is 2.81. The number of furan rings is 1. The molecule has 0 fully saturated rings. The first kappa shape index (κ1) is 13.9. The summed E-state index contributed by atoms with van der Waals surface area (Å²) in [5, 5.41) is 4.61. The van der Waals surface area contributed by atoms with Gasteiger partial charge in [-0.05, 0) is 50.1 Å². The van der Waals surface area contributed by atoms with Gasteiger partial charge < -0.3 is 9.73 Å². The molecule has 2 heteroatoms. The van der Waals surface area contributed by atoms with Crippen molar-refractivity contribution in [1.82, 2.24) is 5.32 Å². The van der Waals surface area contributed by atoms with Crippen molar-refractivity contribution in [3.8, 4) is 0 Å². The minimum absolute atomic E-state index is 0.709. The highest BCUT2D eigenvalue weighted by atomic mass is 16.3. The SMILES string of the molecule is C/C(=C/CCNCC(C)C)c1cc2ccccc2o1. The van der Waals surface area contributed by atoms with Crippen molar-refractivity contribution in [2.45, 2.75) is 27.2 Å². The Morgan fingerprint density at radius 3 is 2.84 bits per heavy atom. The molecule has 0 amide bonds. The zero-order valence-electron chi connectivity index (χ0n) is 12.1. The number of hydrogen-bond acceptors (Lipinski definition) is 2. The monoisotopic (exact) mass is 257 g/mol. The van der Waals surface area contributed by atoms with Gasteiger partial charge in [0.25, 0.3) is 0 Å². The molecule has 0 radical (unpaired) electrons. The van der Waals surface area contributed by atoms with Crippen molar-refractivity contribution >= 4 is 16.5 Å². The molecule has 0 aliphatic rings. The molecular formula is C17H23NO. The summed E-state index contributed by atoms with van der Waals surface area (Å²) in [5.41, 5.74) is 2.17. The average molecular weight is 257 g/mol. The smallest absolute Gasteiger partial charge is 0.134 e. The van der Waals surface area contributed by atoms with E-state index in [0.29, 0.717) is 5.92 Å². The van der Waals surface area contributed by atoms with E-state index in [0.717, 1.165) is 30.9 Å². The third-order valence-corrected chi connectivity index (χ3v) is 3.14. The molecular weight excluding hydrogens is 234 g/mol. The fourth-order valence-corrected chi connectivity index (χ4v) is 2.06. The second kappa shape index (κ2) is 6.58. The van der Waals surface area contributed by atoms with E-state index in [4.69, 9.17) is 4.42 Å². The van der Waals surface area contributed by atoms with Gasteiger partial charge in [0.15, 0.2) is 0 Å². The van der Waals surface area contributed by atoms with E-state index in [2.05, 4.69) is 44.3 Å². The molecule has 102 valence electrons. The highest BCUT2D eigenvalue weighted by Crippen LogP contribution is 2.24. The molecule has 0 atom stereocenters. The van der Waals surface area contributed by atoms with Crippen LogP contribution in [0.3, 0.4) is 0 Å². The lowest BCUT2D eigenvalue weighted by molar-refractivity contribution is 0.556. The summed E-state index contributed by atoms with van der Waals surface area (Å²) in [7, 11) is 0. The Hall–Kier alpha value is -1.54. The summed E-state index contributed by atoms with van der Waals surface area (Å²) < 4.78 is 5.84. The van der Waals surface area contributed by atoms with Crippen LogP contribution in [0.4, 0.5) is 0 Å². The quantitative estimate of drug-likeness (QED) is 0.772. The van der Waals surface area contributed by atoms with Gasteiger partial charge in [-0.25, -0.2) is 0 Å². The number of allylic oxidation sites excluding steroid dienone is 1. The van der Waals surface area contributed by atoms with Crippen molar-refractivity contribution in [3.05, 3.63) is 42.2 Å². The van der Waals surface area contributed by atoms with Gasteiger partial charge in [0.2, 0.25) is 0 Å². The molecule has 2 nitrogen and oxygen atoms in total. The Morgan fingerprint density at radius 1 is 1.32 bits per heavy atom. The number of rotatable bonds is 6. The van der Waals surface area contributed by atoms with Crippen LogP contribution in [0.15, 0.2) is 40.8 Å². The van der Waals surface area contributed by atoms with E-state index in [1.54, 1.807) is 0 Å². The Morgan fingerprint density at radius 2 is 2.11 bits per heavy atom. The van der Waals surface area contributed by atoms with Gasteiger partial charge in [-0.1, -0.05) is 38.1 Å². The molecule has 1 N–H and O–H groups in total. The lowest BCUT2D eigenvalue weighted by atomic mass is 10.1. The van der Waals surface area contributed by atoms with E-state index in [9.17, 15) is 0 Å². The summed E-state index contributed by atoms with van der Waals surface area (Å²) in [6.07, 6.45) is 3.28. The molecule has 2 rings (SSSR count). The van der Waals surface area contributed by atoms with Crippen molar-refractivity contribution in [3.63, 3.8) is 0 Å². The molecule has 1 aromatic carbocycles. The third kappa shape index (κ3) is 3.97. The summed E-state index contributed by atoms with van der Waals surface area (Å²) in [5.74, 6) is 1.69. The predicted octanol–water partition coefficient (Wildman–Crippen LogP) is 4.47. The Balaban J connectivity index is 1.93. The lowest BCUT2D eigenvalue weighted by Gasteiger charge is -2.05. The van der Waals surface area contributed by atoms with Gasteiger partial charge in [-0.15, -0.1) is 0 Å². The van der Waals surface area contributed by atoms with Crippen LogP contribution in [0, 0.1) is 5.92 Å². The fourth-order valence-electron chi connectivity index (χ4n) is 2.06. The molecule has 1 heterocycles. The molecule has 2 aromatic rings. The number of nitrogens with one attached hydrogen (secondary N) is 1. The van der Waals surface area contributed by atoms with Gasteiger partial charge in [-0.2, -0.15) is 0 Å². The molecule has 19 heavy (non-hydrogen) atoms. The van der Waals surface area contributed by atoms with Gasteiger partial charge in [0.05, 0.1) is 0 Å². The van der Waals surface area contributed by atoms with E-state index in [1.807, 2.05) is 18.2 Å². The molecule has 0 aliphatic heterocycles. The largest absolute Gasteiger partial charge is 0.456 e. The first-order valence-corrected chi connectivity index (χ1v) is 7.03. The number of benzene rings is 1. The lowest BCUT2D eigenvalue weighted by Crippen LogP contribution is -2.20. The molecule has 0 saturated carbocycles. The molecule has 0 saturated heterocycles. The molecule has 0 unspecified atom stereocenters. The van der Waals surface area contributed by atoms with Crippen LogP contribution in [-0.2, 0) is 0 Å². The summed E-state index contributed by atoms with van der Waals surface area (Å²) in [6, 6.07) is 10.2. The van der Waals surface area contributed by atoms with Gasteiger partial charge >= 0.3 is 0 Å². The minimum atomic E-state index is 0.709. The van der Waals surface area contributed by atoms with E-state index in [-0.39, 0.29) is 0 Å². The summed E-state index contributed by atoms with van der Waals surface area (Å²) >= 11 is 0. The van der Waals surface area contributed by atoms with Crippen molar-refractivity contribution in [1.29, 1.82) is 0 Å². The first-order chi connectivity index (χ1) is 9.16. The normalized spacial score (nSPS) is 12.5. The van der Waals surface area contributed by atoms with Crippen molar-refractivity contribution < 1.29 is 4.42 Å². The van der Waals surface area contributed by atoms with E-state index < -0.39 is 0 Å². The van der Waals surface area contributed by atoms with Crippen LogP contribution < -0.4 is 5.32 Å². The summed E-state index contributed by atoms with van der Waals surface area (Å²) in [6.45, 7) is 8.67. The number of hydrogen-bond donors (Lipinski definition) is 1. The predicted molar refractivity (Wildman–Crippen MR) is 82.2 cm³/mol. The van der Waals surface area contributed by atoms with Crippen LogP contribution in [0.1, 0.15) is 33.0 Å². The minimum Gasteiger partial charge on any atom is -0.456 e. The second-order valence-electron chi connectivity index (χ2n) is 5.42. The summed E-state index contributed by atoms with van der Waals surface area (Å²) in [4.78, 5) is 0. The maximum atomic E-state index is 5.84. The second-order valence-corrected chi connectivity index (χ2v) is 5.42. The zero-order chi connectivity index (χ0) is 13.7. The maximum absolute atomic E-state index is 5.84. The van der Waals surface area contributed by atoms with Crippen LogP contribution in [-0.4, -0.2) is 13.1 Å². The van der Waals surface area contributed by atoms with Gasteiger partial charge in [-0.3, -0.25) is 0 Å². The van der Waals surface area contributed by atoms with Gasteiger partial charge in [0, 0.05) is 5.39 Å². The fraction of sp³-hybridized carbons (Fsp3) is 0.412. The molecule has 0 aliphatic carbocycles. The van der Waals surface area contributed by atoms with Crippen LogP contribution in [0.2, 0.25) is 0 Å². The highest BCUT2D eigenvalue weighted by Gasteiger charge is 2.04. The molecule has 0 bridgehead atoms. The van der Waals surface area contributed by atoms with Crippen LogP contribution in [0.25, 0.3) is 16.5 Å². The third-order valence-electron chi connectivity index (χ3n) is 3.14.